The average molecular weight is 727 g/mol. The third-order valence-electron chi connectivity index (χ3n) is 10.2. The van der Waals surface area contributed by atoms with Gasteiger partial charge in [-0.2, -0.15) is 0 Å². The average Bonchev–Trinajstić information content (AvgIpc) is 3.61. The minimum absolute atomic E-state index is 0.243. The van der Waals surface area contributed by atoms with E-state index in [4.69, 9.17) is 0 Å². The molecule has 0 aliphatic rings. The molecule has 1 aromatic heterocycles. The fraction of sp³-hybridized carbons (Fsp3) is 0. The van der Waals surface area contributed by atoms with Crippen LogP contribution in [0.15, 0.2) is 200 Å². The summed E-state index contributed by atoms with van der Waals surface area (Å²) >= 11 is 0.243. The molecule has 1 heterocycles. The van der Waals surface area contributed by atoms with E-state index in [2.05, 4.69) is 205 Å². The molecule has 244 valence electrons. The number of fused-ring (bicyclic) bond motifs is 7. The number of rotatable bonds is 6. The van der Waals surface area contributed by atoms with E-state index in [-0.39, 0.29) is 14.5 Å². The Morgan fingerprint density at radius 2 is 0.962 bits per heavy atom. The predicted molar refractivity (Wildman–Crippen MR) is 224 cm³/mol. The second kappa shape index (κ2) is 12.9. The second-order valence-corrected chi connectivity index (χ2v) is 15.5. The first kappa shape index (κ1) is 30.6. The molecule has 0 radical (unpaired) electrons. The molecule has 0 atom stereocenters. The van der Waals surface area contributed by atoms with E-state index in [1.807, 2.05) is 0 Å². The van der Waals surface area contributed by atoms with Gasteiger partial charge in [0.15, 0.2) is 0 Å². The Balaban J connectivity index is 1.26. The molecule has 0 saturated carbocycles. The van der Waals surface area contributed by atoms with Crippen LogP contribution >= 0.6 is 0 Å². The van der Waals surface area contributed by atoms with Gasteiger partial charge in [-0.05, 0) is 0 Å². The summed E-state index contributed by atoms with van der Waals surface area (Å²) in [4.78, 5) is 2.46. The molecule has 0 bridgehead atoms. The molecule has 0 N–H and O–H groups in total. The van der Waals surface area contributed by atoms with Crippen molar-refractivity contribution in [2.75, 3.05) is 4.90 Å². The van der Waals surface area contributed by atoms with Crippen LogP contribution in [0, 0.1) is 0 Å². The third-order valence-corrected chi connectivity index (χ3v) is 12.8. The van der Waals surface area contributed by atoms with Crippen molar-refractivity contribution >= 4 is 72.4 Å². The van der Waals surface area contributed by atoms with Gasteiger partial charge in [0.25, 0.3) is 0 Å². The summed E-state index contributed by atoms with van der Waals surface area (Å²) in [6.45, 7) is 0. The number of hydrogen-bond acceptors (Lipinski definition) is 1. The van der Waals surface area contributed by atoms with Gasteiger partial charge in [-0.25, -0.2) is 0 Å². The van der Waals surface area contributed by atoms with Gasteiger partial charge in [-0.3, -0.25) is 0 Å². The molecule has 0 fully saturated rings. The topological polar surface area (TPSA) is 3.24 Å². The van der Waals surface area contributed by atoms with Crippen LogP contribution in [0.3, 0.4) is 0 Å². The van der Waals surface area contributed by atoms with Gasteiger partial charge >= 0.3 is 287 Å². The summed E-state index contributed by atoms with van der Waals surface area (Å²) in [6, 6.07) is 73.3. The zero-order chi connectivity index (χ0) is 34.4. The molecule has 0 spiro atoms. The molecule has 0 aliphatic heterocycles. The molecule has 0 amide bonds. The molecule has 0 saturated heterocycles. The van der Waals surface area contributed by atoms with Crippen LogP contribution < -0.4 is 4.90 Å². The Bertz CT molecular complexity index is 2870. The summed E-state index contributed by atoms with van der Waals surface area (Å²) in [5.41, 5.74) is 10.6. The molecule has 10 aromatic rings. The van der Waals surface area contributed by atoms with Crippen LogP contribution in [0.25, 0.3) is 74.2 Å². The van der Waals surface area contributed by atoms with E-state index < -0.39 is 0 Å². The molecule has 9 aromatic carbocycles. The fourth-order valence-electron chi connectivity index (χ4n) is 7.80. The van der Waals surface area contributed by atoms with Crippen LogP contribution in [0.2, 0.25) is 0 Å². The number of benzene rings is 9. The first-order valence-corrected chi connectivity index (χ1v) is 19.5. The summed E-state index contributed by atoms with van der Waals surface area (Å²) in [5.74, 6) is 0. The van der Waals surface area contributed by atoms with Crippen LogP contribution in [0.1, 0.15) is 0 Å². The van der Waals surface area contributed by atoms with E-state index in [1.165, 1.54) is 74.2 Å². The Morgan fingerprint density at radius 1 is 0.365 bits per heavy atom. The van der Waals surface area contributed by atoms with Crippen LogP contribution in [0.4, 0.5) is 17.1 Å². The van der Waals surface area contributed by atoms with Crippen molar-refractivity contribution in [3.8, 4) is 33.4 Å². The molecular weight excluding hydrogens is 694 g/mol. The number of nitrogens with zero attached hydrogens (tertiary/aromatic N) is 1. The van der Waals surface area contributed by atoms with Crippen molar-refractivity contribution in [1.82, 2.24) is 0 Å². The first-order valence-electron chi connectivity index (χ1n) is 17.8. The molecule has 2 heteroatoms. The Hall–Kier alpha value is -6.18. The van der Waals surface area contributed by atoms with E-state index in [1.54, 1.807) is 0 Å². The Labute approximate surface area is 309 Å². The van der Waals surface area contributed by atoms with E-state index in [0.29, 0.717) is 0 Å². The number of hydrogen-bond donors (Lipinski definition) is 0. The monoisotopic (exact) mass is 727 g/mol. The van der Waals surface area contributed by atoms with Crippen molar-refractivity contribution in [3.63, 3.8) is 0 Å². The van der Waals surface area contributed by atoms with Crippen molar-refractivity contribution in [3.05, 3.63) is 200 Å². The Kier molecular flexibility index (Phi) is 7.57. The van der Waals surface area contributed by atoms with Crippen molar-refractivity contribution in [2.24, 2.45) is 0 Å². The van der Waals surface area contributed by atoms with Gasteiger partial charge in [0.2, 0.25) is 0 Å². The molecule has 52 heavy (non-hydrogen) atoms. The first-order chi connectivity index (χ1) is 25.8. The summed E-state index contributed by atoms with van der Waals surface area (Å²) < 4.78 is 2.96. The fourth-order valence-corrected chi connectivity index (χ4v) is 10.5. The molecule has 1 nitrogen and oxygen atoms in total. The van der Waals surface area contributed by atoms with Crippen molar-refractivity contribution in [2.45, 2.75) is 0 Å². The molecule has 10 rings (SSSR count). The zero-order valence-corrected chi connectivity index (χ0v) is 30.1. The van der Waals surface area contributed by atoms with Crippen LogP contribution in [0.5, 0.6) is 0 Å². The maximum absolute atomic E-state index is 2.46. The minimum atomic E-state index is 0.243. The van der Waals surface area contributed by atoms with Gasteiger partial charge in [0.05, 0.1) is 0 Å². The summed E-state index contributed by atoms with van der Waals surface area (Å²) in [6.07, 6.45) is 0. The van der Waals surface area contributed by atoms with Crippen LogP contribution in [-0.4, -0.2) is 14.5 Å². The molecular formula is C50H33NSe. The smallest absolute Gasteiger partial charge is 0.0617 e. The van der Waals surface area contributed by atoms with Gasteiger partial charge in [0.1, 0.15) is 0 Å². The normalized spacial score (nSPS) is 11.5. The van der Waals surface area contributed by atoms with Gasteiger partial charge in [-0.15, -0.1) is 0 Å². The predicted octanol–water partition coefficient (Wildman–Crippen LogP) is 13.8. The quantitative estimate of drug-likeness (QED) is 0.122. The summed E-state index contributed by atoms with van der Waals surface area (Å²) in [7, 11) is 0. The van der Waals surface area contributed by atoms with Gasteiger partial charge in [-0.1, -0.05) is 24.3 Å². The van der Waals surface area contributed by atoms with E-state index in [9.17, 15) is 0 Å². The standard InChI is InChI=1S/C50H33NSe/c1-4-13-34(14-5-1)35-25-29-40(30-26-35)51(46-21-12-20-42(36-15-6-2-7-16-36)48(46)38-17-8-3-9-18-38)41-31-27-37-23-24-39-28-32-44-43-19-10-11-22-47(43)52-50(44)49(39)45(37)33-41/h1-33H. The molecule has 0 unspecified atom stereocenters. The maximum atomic E-state index is 2.46. The van der Waals surface area contributed by atoms with Gasteiger partial charge < -0.3 is 0 Å². The SMILES string of the molecule is c1ccc(-c2ccc(N(c3ccc4ccc5ccc6c7ccccc7[se]c6c5c4c3)c3cccc(-c4ccccc4)c3-c3ccccc3)cc2)cc1. The minimum Gasteiger partial charge on any atom is -0.0617 e. The van der Waals surface area contributed by atoms with Crippen LogP contribution in [-0.2, 0) is 0 Å². The van der Waals surface area contributed by atoms with Crippen molar-refractivity contribution < 1.29 is 0 Å². The second-order valence-electron chi connectivity index (χ2n) is 13.3. The Morgan fingerprint density at radius 3 is 1.73 bits per heavy atom. The van der Waals surface area contributed by atoms with E-state index in [0.717, 1.165) is 17.1 Å². The van der Waals surface area contributed by atoms with Gasteiger partial charge in [0, 0.05) is 0 Å². The number of anilines is 3. The third kappa shape index (κ3) is 5.24. The zero-order valence-electron chi connectivity index (χ0n) is 28.4. The van der Waals surface area contributed by atoms with Crippen molar-refractivity contribution in [1.29, 1.82) is 0 Å². The summed E-state index contributed by atoms with van der Waals surface area (Å²) in [5, 5.41) is 8.01. The van der Waals surface area contributed by atoms with E-state index >= 15 is 0 Å². The molecule has 0 aliphatic carbocycles.